The highest BCUT2D eigenvalue weighted by molar-refractivity contribution is 6.29. The van der Waals surface area contributed by atoms with Crippen molar-refractivity contribution in [1.29, 1.82) is 0 Å². The van der Waals surface area contributed by atoms with Crippen LogP contribution in [0.3, 0.4) is 0 Å². The molecule has 0 atom stereocenters. The van der Waals surface area contributed by atoms with Crippen molar-refractivity contribution in [2.24, 2.45) is 0 Å². The molecular formula is C23H33ClN2O2. The fourth-order valence-corrected chi connectivity index (χ4v) is 3.08. The van der Waals surface area contributed by atoms with Crippen molar-refractivity contribution in [2.45, 2.75) is 65.5 Å². The predicted molar refractivity (Wildman–Crippen MR) is 116 cm³/mol. The molecule has 28 heavy (non-hydrogen) atoms. The number of benzene rings is 1. The molecule has 0 saturated heterocycles. The SMILES string of the molecule is CCCCCCCCNCc1ccc(OCc2ccc(Cl)nc2)c(OCC)c1. The number of ether oxygens (including phenoxy) is 2. The van der Waals surface area contributed by atoms with Crippen LogP contribution in [0.15, 0.2) is 36.5 Å². The van der Waals surface area contributed by atoms with E-state index in [1.165, 1.54) is 44.1 Å². The standard InChI is InChI=1S/C23H33ClN2O2/c1-3-5-6-7-8-9-14-25-16-19-10-12-21(22(15-19)27-4-2)28-18-20-11-13-23(24)26-17-20/h10-13,15,17,25H,3-9,14,16,18H2,1-2H3. The van der Waals surface area contributed by atoms with Gasteiger partial charge < -0.3 is 14.8 Å². The van der Waals surface area contributed by atoms with E-state index in [0.29, 0.717) is 18.4 Å². The van der Waals surface area contributed by atoms with Crippen molar-refractivity contribution in [1.82, 2.24) is 10.3 Å². The van der Waals surface area contributed by atoms with E-state index in [4.69, 9.17) is 21.1 Å². The van der Waals surface area contributed by atoms with E-state index in [1.807, 2.05) is 19.1 Å². The Labute approximate surface area is 174 Å². The van der Waals surface area contributed by atoms with Crippen LogP contribution in [0.4, 0.5) is 0 Å². The number of pyridine rings is 1. The first-order valence-corrected chi connectivity index (χ1v) is 10.8. The summed E-state index contributed by atoms with van der Waals surface area (Å²) in [6, 6.07) is 9.81. The van der Waals surface area contributed by atoms with Crippen LogP contribution in [0.2, 0.25) is 5.15 Å². The van der Waals surface area contributed by atoms with E-state index in [1.54, 1.807) is 12.3 Å². The second-order valence-corrected chi connectivity index (χ2v) is 7.32. The summed E-state index contributed by atoms with van der Waals surface area (Å²) in [4.78, 5) is 4.08. The Bertz CT molecular complexity index is 677. The van der Waals surface area contributed by atoms with Crippen LogP contribution in [-0.4, -0.2) is 18.1 Å². The molecule has 1 aromatic heterocycles. The lowest BCUT2D eigenvalue weighted by molar-refractivity contribution is 0.269. The molecule has 0 aliphatic rings. The van der Waals surface area contributed by atoms with Crippen LogP contribution in [0.25, 0.3) is 0 Å². The van der Waals surface area contributed by atoms with Gasteiger partial charge in [-0.15, -0.1) is 0 Å². The molecule has 0 aliphatic heterocycles. The van der Waals surface area contributed by atoms with Crippen molar-refractivity contribution in [3.05, 3.63) is 52.8 Å². The van der Waals surface area contributed by atoms with E-state index in [-0.39, 0.29) is 0 Å². The first-order valence-electron chi connectivity index (χ1n) is 10.4. The van der Waals surface area contributed by atoms with Crippen LogP contribution in [0, 0.1) is 0 Å². The highest BCUT2D eigenvalue weighted by atomic mass is 35.5. The predicted octanol–water partition coefficient (Wildman–Crippen LogP) is 6.16. The Morgan fingerprint density at radius 1 is 0.893 bits per heavy atom. The zero-order chi connectivity index (χ0) is 20.0. The molecule has 2 aromatic rings. The molecular weight excluding hydrogens is 372 g/mol. The lowest BCUT2D eigenvalue weighted by Gasteiger charge is -2.14. The summed E-state index contributed by atoms with van der Waals surface area (Å²) in [5, 5.41) is 4.01. The number of halogens is 1. The van der Waals surface area contributed by atoms with Gasteiger partial charge in [-0.1, -0.05) is 62.8 Å². The average Bonchev–Trinajstić information content (AvgIpc) is 2.71. The first-order chi connectivity index (χ1) is 13.7. The van der Waals surface area contributed by atoms with E-state index in [0.717, 1.165) is 30.2 Å². The zero-order valence-corrected chi connectivity index (χ0v) is 17.9. The summed E-state index contributed by atoms with van der Waals surface area (Å²) < 4.78 is 11.7. The fourth-order valence-electron chi connectivity index (χ4n) is 2.97. The summed E-state index contributed by atoms with van der Waals surface area (Å²) in [6.45, 7) is 7.17. The third kappa shape index (κ3) is 8.49. The molecule has 0 saturated carbocycles. The number of rotatable bonds is 14. The minimum atomic E-state index is 0.430. The quantitative estimate of drug-likeness (QED) is 0.302. The van der Waals surface area contributed by atoms with Gasteiger partial charge in [0.1, 0.15) is 11.8 Å². The maximum Gasteiger partial charge on any atom is 0.161 e. The molecule has 1 heterocycles. The molecule has 154 valence electrons. The van der Waals surface area contributed by atoms with Gasteiger partial charge in [0.05, 0.1) is 6.61 Å². The summed E-state index contributed by atoms with van der Waals surface area (Å²) in [6.07, 6.45) is 9.64. The van der Waals surface area contributed by atoms with E-state index in [2.05, 4.69) is 29.4 Å². The number of hydrogen-bond acceptors (Lipinski definition) is 4. The average molecular weight is 405 g/mol. The van der Waals surface area contributed by atoms with Crippen LogP contribution in [0.5, 0.6) is 11.5 Å². The van der Waals surface area contributed by atoms with E-state index in [9.17, 15) is 0 Å². The van der Waals surface area contributed by atoms with E-state index >= 15 is 0 Å². The summed E-state index contributed by atoms with van der Waals surface area (Å²) in [5.41, 5.74) is 2.17. The second-order valence-electron chi connectivity index (χ2n) is 6.94. The number of unbranched alkanes of at least 4 members (excludes halogenated alkanes) is 5. The Morgan fingerprint density at radius 3 is 2.43 bits per heavy atom. The van der Waals surface area contributed by atoms with Gasteiger partial charge in [-0.05, 0) is 43.7 Å². The van der Waals surface area contributed by atoms with Crippen molar-refractivity contribution in [3.63, 3.8) is 0 Å². The highest BCUT2D eigenvalue weighted by Gasteiger charge is 2.07. The largest absolute Gasteiger partial charge is 0.490 e. The molecule has 0 spiro atoms. The third-order valence-electron chi connectivity index (χ3n) is 4.53. The van der Waals surface area contributed by atoms with Gasteiger partial charge in [0.2, 0.25) is 0 Å². The molecule has 4 nitrogen and oxygen atoms in total. The Morgan fingerprint density at radius 2 is 1.68 bits per heavy atom. The number of nitrogens with one attached hydrogen (secondary N) is 1. The van der Waals surface area contributed by atoms with Crippen molar-refractivity contribution < 1.29 is 9.47 Å². The minimum absolute atomic E-state index is 0.430. The van der Waals surface area contributed by atoms with Crippen molar-refractivity contribution >= 4 is 11.6 Å². The Kier molecular flexibility index (Phi) is 10.8. The maximum absolute atomic E-state index is 5.93. The van der Waals surface area contributed by atoms with Gasteiger partial charge in [0.25, 0.3) is 0 Å². The second kappa shape index (κ2) is 13.4. The molecule has 0 unspecified atom stereocenters. The Balaban J connectivity index is 1.79. The molecule has 0 aliphatic carbocycles. The number of nitrogens with zero attached hydrogens (tertiary/aromatic N) is 1. The summed E-state index contributed by atoms with van der Waals surface area (Å²) >= 11 is 5.82. The lowest BCUT2D eigenvalue weighted by atomic mass is 10.1. The van der Waals surface area contributed by atoms with Crippen molar-refractivity contribution in [3.8, 4) is 11.5 Å². The normalized spacial score (nSPS) is 10.8. The van der Waals surface area contributed by atoms with Crippen LogP contribution >= 0.6 is 11.6 Å². The van der Waals surface area contributed by atoms with Gasteiger partial charge in [0.15, 0.2) is 11.5 Å². The van der Waals surface area contributed by atoms with Crippen LogP contribution < -0.4 is 14.8 Å². The topological polar surface area (TPSA) is 43.4 Å². The molecule has 1 N–H and O–H groups in total. The van der Waals surface area contributed by atoms with E-state index < -0.39 is 0 Å². The molecule has 0 fully saturated rings. The van der Waals surface area contributed by atoms with Crippen molar-refractivity contribution in [2.75, 3.05) is 13.2 Å². The summed E-state index contributed by atoms with van der Waals surface area (Å²) in [7, 11) is 0. The lowest BCUT2D eigenvalue weighted by Crippen LogP contribution is -2.14. The highest BCUT2D eigenvalue weighted by Crippen LogP contribution is 2.29. The summed E-state index contributed by atoms with van der Waals surface area (Å²) in [5.74, 6) is 1.53. The van der Waals surface area contributed by atoms with Gasteiger partial charge in [-0.25, -0.2) is 4.98 Å². The molecule has 5 heteroatoms. The van der Waals surface area contributed by atoms with Gasteiger partial charge >= 0.3 is 0 Å². The monoisotopic (exact) mass is 404 g/mol. The zero-order valence-electron chi connectivity index (χ0n) is 17.2. The molecule has 0 amide bonds. The van der Waals surface area contributed by atoms with Gasteiger partial charge in [-0.2, -0.15) is 0 Å². The molecule has 1 aromatic carbocycles. The minimum Gasteiger partial charge on any atom is -0.490 e. The molecule has 0 radical (unpaired) electrons. The smallest absolute Gasteiger partial charge is 0.161 e. The van der Waals surface area contributed by atoms with Gasteiger partial charge in [-0.3, -0.25) is 0 Å². The maximum atomic E-state index is 5.93. The molecule has 2 rings (SSSR count). The number of aromatic nitrogens is 1. The third-order valence-corrected chi connectivity index (χ3v) is 4.75. The van der Waals surface area contributed by atoms with Crippen LogP contribution in [-0.2, 0) is 13.2 Å². The Hall–Kier alpha value is -1.78. The van der Waals surface area contributed by atoms with Crippen LogP contribution in [0.1, 0.15) is 63.5 Å². The fraction of sp³-hybridized carbons (Fsp3) is 0.522. The molecule has 0 bridgehead atoms. The first kappa shape index (κ1) is 22.5. The number of hydrogen-bond donors (Lipinski definition) is 1. The van der Waals surface area contributed by atoms with Gasteiger partial charge in [0, 0.05) is 18.3 Å².